The third kappa shape index (κ3) is 7.67. The normalized spacial score (nSPS) is 20.3. The van der Waals surface area contributed by atoms with Crippen molar-refractivity contribution in [2.45, 2.75) is 58.6 Å². The third-order valence-corrected chi connectivity index (χ3v) is 3.58. The maximum Gasteiger partial charge on any atom is 0.410 e. The first kappa shape index (κ1) is 18.2. The predicted octanol–water partition coefficient (Wildman–Crippen LogP) is 2.32. The first-order valence-corrected chi connectivity index (χ1v) is 8.21. The highest BCUT2D eigenvalue weighted by atomic mass is 16.6. The van der Waals surface area contributed by atoms with Crippen molar-refractivity contribution in [1.29, 1.82) is 0 Å². The number of carbonyl (C=O) groups excluding carboxylic acids is 1. The van der Waals surface area contributed by atoms with Crippen LogP contribution in [0.5, 0.6) is 0 Å². The second-order valence-electron chi connectivity index (χ2n) is 7.02. The molecule has 1 atom stereocenters. The average Bonchev–Trinajstić information content (AvgIpc) is 2.35. The Kier molecular flexibility index (Phi) is 7.46. The van der Waals surface area contributed by atoms with E-state index < -0.39 is 5.60 Å². The van der Waals surface area contributed by atoms with Gasteiger partial charge in [0.25, 0.3) is 0 Å². The molecule has 0 aromatic heterocycles. The number of likely N-dealkylation sites (N-methyl/N-ethyl adjacent to an activating group) is 1. The Morgan fingerprint density at radius 1 is 1.38 bits per heavy atom. The molecule has 0 radical (unpaired) electrons. The minimum atomic E-state index is -0.428. The Bertz CT molecular complexity index is 315. The molecule has 1 N–H and O–H groups in total. The van der Waals surface area contributed by atoms with Gasteiger partial charge in [-0.3, -0.25) is 0 Å². The van der Waals surface area contributed by atoms with Gasteiger partial charge in [0.15, 0.2) is 0 Å². The number of piperidine rings is 1. The van der Waals surface area contributed by atoms with Gasteiger partial charge in [0.1, 0.15) is 5.60 Å². The third-order valence-electron chi connectivity index (χ3n) is 3.58. The van der Waals surface area contributed by atoms with Crippen molar-refractivity contribution in [3.8, 4) is 0 Å². The molecule has 0 aromatic carbocycles. The lowest BCUT2D eigenvalue weighted by molar-refractivity contribution is 0.0249. The lowest BCUT2D eigenvalue weighted by atomic mass is 10.1. The first-order chi connectivity index (χ1) is 9.81. The van der Waals surface area contributed by atoms with Crippen LogP contribution in [0.2, 0.25) is 0 Å². The SMILES string of the molecule is CCCN(CCNC1CCCN(C)C1)C(=O)OC(C)(C)C. The molecule has 1 fully saturated rings. The van der Waals surface area contributed by atoms with Crippen LogP contribution in [0.3, 0.4) is 0 Å². The first-order valence-electron chi connectivity index (χ1n) is 8.21. The van der Waals surface area contributed by atoms with Crippen molar-refractivity contribution >= 4 is 6.09 Å². The minimum Gasteiger partial charge on any atom is -0.444 e. The van der Waals surface area contributed by atoms with E-state index >= 15 is 0 Å². The standard InChI is InChI=1S/C16H33N3O2/c1-6-10-19(15(20)21-16(2,3)4)12-9-17-14-8-7-11-18(5)13-14/h14,17H,6-13H2,1-5H3. The molecule has 0 spiro atoms. The summed E-state index contributed by atoms with van der Waals surface area (Å²) in [6.07, 6.45) is 3.22. The summed E-state index contributed by atoms with van der Waals surface area (Å²) in [4.78, 5) is 16.3. The lowest BCUT2D eigenvalue weighted by Gasteiger charge is -2.31. The Morgan fingerprint density at radius 3 is 2.67 bits per heavy atom. The van der Waals surface area contributed by atoms with E-state index in [1.54, 1.807) is 0 Å². The number of rotatable bonds is 6. The quantitative estimate of drug-likeness (QED) is 0.817. The van der Waals surface area contributed by atoms with Gasteiger partial charge in [-0.1, -0.05) is 6.92 Å². The monoisotopic (exact) mass is 299 g/mol. The van der Waals surface area contributed by atoms with Crippen LogP contribution >= 0.6 is 0 Å². The highest BCUT2D eigenvalue weighted by Gasteiger charge is 2.22. The molecule has 0 bridgehead atoms. The van der Waals surface area contributed by atoms with Crippen LogP contribution in [0, 0.1) is 0 Å². The van der Waals surface area contributed by atoms with Crippen molar-refractivity contribution in [3.05, 3.63) is 0 Å². The number of amides is 1. The number of likely N-dealkylation sites (tertiary alicyclic amines) is 1. The second-order valence-corrected chi connectivity index (χ2v) is 7.02. The molecule has 0 aliphatic carbocycles. The highest BCUT2D eigenvalue weighted by Crippen LogP contribution is 2.11. The summed E-state index contributed by atoms with van der Waals surface area (Å²) < 4.78 is 5.46. The Hall–Kier alpha value is -0.810. The summed E-state index contributed by atoms with van der Waals surface area (Å²) in [6, 6.07) is 0.547. The Balaban J connectivity index is 2.35. The molecule has 1 aliphatic heterocycles. The topological polar surface area (TPSA) is 44.8 Å². The number of hydrogen-bond acceptors (Lipinski definition) is 4. The zero-order valence-electron chi connectivity index (χ0n) is 14.4. The Morgan fingerprint density at radius 2 is 2.10 bits per heavy atom. The molecule has 21 heavy (non-hydrogen) atoms. The summed E-state index contributed by atoms with van der Waals surface area (Å²) in [5.74, 6) is 0. The molecule has 5 nitrogen and oxygen atoms in total. The smallest absolute Gasteiger partial charge is 0.410 e. The van der Waals surface area contributed by atoms with Gasteiger partial charge in [-0.05, 0) is 53.6 Å². The van der Waals surface area contributed by atoms with E-state index in [2.05, 4.69) is 24.2 Å². The molecule has 1 heterocycles. The predicted molar refractivity (Wildman–Crippen MR) is 86.6 cm³/mol. The van der Waals surface area contributed by atoms with Crippen molar-refractivity contribution in [1.82, 2.24) is 15.1 Å². The van der Waals surface area contributed by atoms with Crippen LogP contribution in [-0.2, 0) is 4.74 Å². The zero-order chi connectivity index (χ0) is 15.9. The van der Waals surface area contributed by atoms with E-state index in [-0.39, 0.29) is 6.09 Å². The molecule has 1 aliphatic rings. The zero-order valence-corrected chi connectivity index (χ0v) is 14.4. The maximum atomic E-state index is 12.2. The summed E-state index contributed by atoms with van der Waals surface area (Å²) in [5, 5.41) is 3.57. The second kappa shape index (κ2) is 8.59. The molecule has 1 unspecified atom stereocenters. The molecular formula is C16H33N3O2. The fourth-order valence-corrected chi connectivity index (χ4v) is 2.63. The number of ether oxygens (including phenoxy) is 1. The van der Waals surface area contributed by atoms with Crippen molar-refractivity contribution in [3.63, 3.8) is 0 Å². The fourth-order valence-electron chi connectivity index (χ4n) is 2.63. The lowest BCUT2D eigenvalue weighted by Crippen LogP contribution is -2.47. The summed E-state index contributed by atoms with van der Waals surface area (Å²) in [7, 11) is 2.16. The van der Waals surface area contributed by atoms with Crippen LogP contribution in [0.25, 0.3) is 0 Å². The summed E-state index contributed by atoms with van der Waals surface area (Å²) in [6.45, 7) is 12.4. The fraction of sp³-hybridized carbons (Fsp3) is 0.938. The molecule has 1 saturated heterocycles. The summed E-state index contributed by atoms with van der Waals surface area (Å²) >= 11 is 0. The van der Waals surface area contributed by atoms with E-state index in [0.29, 0.717) is 12.6 Å². The van der Waals surface area contributed by atoms with E-state index in [9.17, 15) is 4.79 Å². The minimum absolute atomic E-state index is 0.202. The molecule has 1 rings (SSSR count). The van der Waals surface area contributed by atoms with E-state index in [4.69, 9.17) is 4.74 Å². The van der Waals surface area contributed by atoms with Gasteiger partial charge in [0.2, 0.25) is 0 Å². The van der Waals surface area contributed by atoms with Gasteiger partial charge < -0.3 is 19.9 Å². The largest absolute Gasteiger partial charge is 0.444 e. The van der Waals surface area contributed by atoms with E-state index in [1.807, 2.05) is 25.7 Å². The van der Waals surface area contributed by atoms with E-state index in [1.165, 1.54) is 19.4 Å². The molecule has 1 amide bonds. The molecule has 5 heteroatoms. The van der Waals surface area contributed by atoms with Crippen LogP contribution in [0.15, 0.2) is 0 Å². The number of hydrogen-bond donors (Lipinski definition) is 1. The molecule has 0 saturated carbocycles. The van der Waals surface area contributed by atoms with Crippen LogP contribution in [-0.4, -0.2) is 67.3 Å². The van der Waals surface area contributed by atoms with Gasteiger partial charge in [-0.25, -0.2) is 4.79 Å². The van der Waals surface area contributed by atoms with Crippen molar-refractivity contribution < 1.29 is 9.53 Å². The average molecular weight is 299 g/mol. The van der Waals surface area contributed by atoms with Crippen LogP contribution in [0.4, 0.5) is 4.79 Å². The van der Waals surface area contributed by atoms with Gasteiger partial charge in [-0.2, -0.15) is 0 Å². The maximum absolute atomic E-state index is 12.2. The van der Waals surface area contributed by atoms with Gasteiger partial charge in [0.05, 0.1) is 0 Å². The molecule has 124 valence electrons. The highest BCUT2D eigenvalue weighted by molar-refractivity contribution is 5.68. The molecular weight excluding hydrogens is 266 g/mol. The number of nitrogens with one attached hydrogen (secondary N) is 1. The van der Waals surface area contributed by atoms with Crippen molar-refractivity contribution in [2.75, 3.05) is 39.8 Å². The van der Waals surface area contributed by atoms with Crippen LogP contribution in [0.1, 0.15) is 47.0 Å². The number of carbonyl (C=O) groups is 1. The van der Waals surface area contributed by atoms with Crippen LogP contribution < -0.4 is 5.32 Å². The molecule has 0 aromatic rings. The van der Waals surface area contributed by atoms with Crippen molar-refractivity contribution in [2.24, 2.45) is 0 Å². The summed E-state index contributed by atoms with van der Waals surface area (Å²) in [5.41, 5.74) is -0.428. The Labute approximate surface area is 130 Å². The van der Waals surface area contributed by atoms with Gasteiger partial charge >= 0.3 is 6.09 Å². The number of nitrogens with zero attached hydrogens (tertiary/aromatic N) is 2. The van der Waals surface area contributed by atoms with Gasteiger partial charge in [0, 0.05) is 32.2 Å². The van der Waals surface area contributed by atoms with E-state index in [0.717, 1.165) is 26.1 Å². The van der Waals surface area contributed by atoms with Gasteiger partial charge in [-0.15, -0.1) is 0 Å².